The van der Waals surface area contributed by atoms with Crippen LogP contribution in [0.15, 0.2) is 24.3 Å². The van der Waals surface area contributed by atoms with Gasteiger partial charge in [0.25, 0.3) is 5.91 Å². The van der Waals surface area contributed by atoms with Crippen LogP contribution in [-0.2, 0) is 0 Å². The molecular formula is C18H26N4O2. The molecule has 6 heteroatoms. The molecule has 0 aliphatic carbocycles. The molecule has 0 radical (unpaired) electrons. The van der Waals surface area contributed by atoms with Gasteiger partial charge in [-0.05, 0) is 51.8 Å². The molecule has 0 saturated carbocycles. The van der Waals surface area contributed by atoms with Gasteiger partial charge < -0.3 is 20.9 Å². The summed E-state index contributed by atoms with van der Waals surface area (Å²) < 4.78 is 0. The van der Waals surface area contributed by atoms with E-state index < -0.39 is 0 Å². The van der Waals surface area contributed by atoms with E-state index >= 15 is 0 Å². The molecule has 2 heterocycles. The molecule has 3 N–H and O–H groups in total. The van der Waals surface area contributed by atoms with E-state index in [2.05, 4.69) is 16.0 Å². The van der Waals surface area contributed by atoms with Crippen molar-refractivity contribution in [2.24, 2.45) is 0 Å². The first kappa shape index (κ1) is 16.8. The minimum absolute atomic E-state index is 0.0200. The van der Waals surface area contributed by atoms with Crippen molar-refractivity contribution < 1.29 is 9.59 Å². The lowest BCUT2D eigenvalue weighted by molar-refractivity contribution is 0.0681. The molecular weight excluding hydrogens is 304 g/mol. The largest absolute Gasteiger partial charge is 0.336 e. The molecule has 130 valence electrons. The van der Waals surface area contributed by atoms with E-state index in [1.165, 1.54) is 0 Å². The number of carbonyl (C=O) groups excluding carboxylic acids is 2. The molecule has 1 aromatic carbocycles. The summed E-state index contributed by atoms with van der Waals surface area (Å²) in [6.45, 7) is 5.62. The first-order chi connectivity index (χ1) is 11.6. The molecule has 2 bridgehead atoms. The Labute approximate surface area is 143 Å². The summed E-state index contributed by atoms with van der Waals surface area (Å²) in [5.41, 5.74) is 1.13. The highest BCUT2D eigenvalue weighted by Gasteiger charge is 2.38. The summed E-state index contributed by atoms with van der Waals surface area (Å²) in [6, 6.07) is 7.57. The van der Waals surface area contributed by atoms with Gasteiger partial charge in [-0.25, -0.2) is 4.79 Å². The van der Waals surface area contributed by atoms with Gasteiger partial charge in [-0.15, -0.1) is 0 Å². The molecule has 2 aliphatic heterocycles. The van der Waals surface area contributed by atoms with Crippen LogP contribution in [0, 0.1) is 0 Å². The number of hydrogen-bond acceptors (Lipinski definition) is 3. The molecule has 2 fully saturated rings. The highest BCUT2D eigenvalue weighted by Crippen LogP contribution is 2.31. The Bertz CT molecular complexity index is 603. The third-order valence-electron chi connectivity index (χ3n) is 4.71. The molecule has 2 aliphatic rings. The fourth-order valence-electron chi connectivity index (χ4n) is 3.65. The average molecular weight is 330 g/mol. The second-order valence-corrected chi connectivity index (χ2v) is 6.89. The number of fused-ring (bicyclic) bond motifs is 2. The normalized spacial score (nSPS) is 23.0. The highest BCUT2D eigenvalue weighted by atomic mass is 16.2. The number of amides is 3. The van der Waals surface area contributed by atoms with E-state index in [1.807, 2.05) is 30.9 Å². The number of para-hydroxylation sites is 1. The van der Waals surface area contributed by atoms with Crippen LogP contribution in [0.25, 0.3) is 0 Å². The predicted octanol–water partition coefficient (Wildman–Crippen LogP) is 2.18. The van der Waals surface area contributed by atoms with Gasteiger partial charge in [-0.3, -0.25) is 4.79 Å². The maximum atomic E-state index is 13.2. The molecule has 3 rings (SSSR count). The van der Waals surface area contributed by atoms with Crippen LogP contribution in [0.4, 0.5) is 10.5 Å². The van der Waals surface area contributed by atoms with Crippen LogP contribution in [-0.4, -0.2) is 48.1 Å². The molecule has 24 heavy (non-hydrogen) atoms. The van der Waals surface area contributed by atoms with Crippen LogP contribution in [0.5, 0.6) is 0 Å². The zero-order valence-electron chi connectivity index (χ0n) is 14.3. The van der Waals surface area contributed by atoms with Crippen LogP contribution < -0.4 is 16.0 Å². The lowest BCUT2D eigenvalue weighted by atomic mass is 10.1. The molecule has 2 unspecified atom stereocenters. The Hall–Kier alpha value is -2.08. The second kappa shape index (κ2) is 7.21. The zero-order valence-corrected chi connectivity index (χ0v) is 14.3. The van der Waals surface area contributed by atoms with Crippen molar-refractivity contribution in [3.8, 4) is 0 Å². The lowest BCUT2D eigenvalue weighted by Crippen LogP contribution is -2.43. The third-order valence-corrected chi connectivity index (χ3v) is 4.71. The number of benzene rings is 1. The van der Waals surface area contributed by atoms with Crippen molar-refractivity contribution in [2.75, 3.05) is 18.4 Å². The number of nitrogens with one attached hydrogen (secondary N) is 3. The quantitative estimate of drug-likeness (QED) is 0.795. The number of rotatable bonds is 3. The van der Waals surface area contributed by atoms with Gasteiger partial charge in [-0.1, -0.05) is 12.1 Å². The van der Waals surface area contributed by atoms with Gasteiger partial charge in [0.15, 0.2) is 0 Å². The summed E-state index contributed by atoms with van der Waals surface area (Å²) in [5.74, 6) is 0.0200. The first-order valence-electron chi connectivity index (χ1n) is 8.76. The summed E-state index contributed by atoms with van der Waals surface area (Å²) >= 11 is 0. The lowest BCUT2D eigenvalue weighted by Gasteiger charge is -2.28. The van der Waals surface area contributed by atoms with Crippen molar-refractivity contribution >= 4 is 17.6 Å². The minimum atomic E-state index is -0.286. The number of urea groups is 1. The van der Waals surface area contributed by atoms with Crippen molar-refractivity contribution in [1.29, 1.82) is 0 Å². The fraction of sp³-hybridized carbons (Fsp3) is 0.556. The maximum absolute atomic E-state index is 13.2. The zero-order chi connectivity index (χ0) is 17.1. The summed E-state index contributed by atoms with van der Waals surface area (Å²) in [6.07, 6.45) is 3.11. The number of nitrogens with zero attached hydrogens (tertiary/aromatic N) is 1. The number of carbonyl (C=O) groups is 2. The first-order valence-corrected chi connectivity index (χ1v) is 8.76. The Morgan fingerprint density at radius 2 is 1.92 bits per heavy atom. The molecule has 1 aromatic rings. The second-order valence-electron chi connectivity index (χ2n) is 6.89. The fourth-order valence-corrected chi connectivity index (χ4v) is 3.65. The molecule has 0 aromatic heterocycles. The van der Waals surface area contributed by atoms with Crippen molar-refractivity contribution in [2.45, 2.75) is 51.2 Å². The van der Waals surface area contributed by atoms with Crippen molar-refractivity contribution in [3.63, 3.8) is 0 Å². The van der Waals surface area contributed by atoms with E-state index in [0.717, 1.165) is 32.4 Å². The molecule has 3 amide bonds. The topological polar surface area (TPSA) is 73.5 Å². The van der Waals surface area contributed by atoms with Crippen LogP contribution >= 0.6 is 0 Å². The Balaban J connectivity index is 1.81. The third kappa shape index (κ3) is 3.53. The summed E-state index contributed by atoms with van der Waals surface area (Å²) in [7, 11) is 0. The maximum Gasteiger partial charge on any atom is 0.319 e. The van der Waals surface area contributed by atoms with Crippen LogP contribution in [0.1, 0.15) is 43.5 Å². The Kier molecular flexibility index (Phi) is 5.04. The van der Waals surface area contributed by atoms with Crippen LogP contribution in [0.2, 0.25) is 0 Å². The monoisotopic (exact) mass is 330 g/mol. The highest BCUT2D eigenvalue weighted by molar-refractivity contribution is 6.03. The molecule has 2 atom stereocenters. The van der Waals surface area contributed by atoms with Gasteiger partial charge in [0.05, 0.1) is 11.3 Å². The molecule has 0 spiro atoms. The van der Waals surface area contributed by atoms with E-state index in [9.17, 15) is 9.59 Å². The summed E-state index contributed by atoms with van der Waals surface area (Å²) in [5, 5.41) is 9.02. The Morgan fingerprint density at radius 1 is 1.17 bits per heavy atom. The minimum Gasteiger partial charge on any atom is -0.336 e. The van der Waals surface area contributed by atoms with Gasteiger partial charge in [0.2, 0.25) is 0 Å². The average Bonchev–Trinajstić information content (AvgIpc) is 2.79. The van der Waals surface area contributed by atoms with Crippen molar-refractivity contribution in [3.05, 3.63) is 29.8 Å². The van der Waals surface area contributed by atoms with Gasteiger partial charge >= 0.3 is 6.03 Å². The Morgan fingerprint density at radius 3 is 2.71 bits per heavy atom. The SMILES string of the molecule is CC(C)NC(=O)Nc1ccccc1C(=O)N1C2CCNCC1CC2. The standard InChI is InChI=1S/C18H26N4O2/c1-12(2)20-18(24)21-16-6-4-3-5-15(16)17(23)22-13-7-8-14(22)11-19-10-9-13/h3-6,12-14,19H,7-11H2,1-2H3,(H2,20,21,24). The van der Waals surface area contributed by atoms with E-state index in [-0.39, 0.29) is 24.0 Å². The van der Waals surface area contributed by atoms with E-state index in [1.54, 1.807) is 12.1 Å². The van der Waals surface area contributed by atoms with Gasteiger partial charge in [0.1, 0.15) is 0 Å². The smallest absolute Gasteiger partial charge is 0.319 e. The van der Waals surface area contributed by atoms with E-state index in [4.69, 9.17) is 0 Å². The molecule has 6 nitrogen and oxygen atoms in total. The van der Waals surface area contributed by atoms with Crippen molar-refractivity contribution in [1.82, 2.24) is 15.5 Å². The summed E-state index contributed by atoms with van der Waals surface area (Å²) in [4.78, 5) is 27.2. The predicted molar refractivity (Wildman–Crippen MR) is 94.2 cm³/mol. The van der Waals surface area contributed by atoms with E-state index in [0.29, 0.717) is 17.3 Å². The molecule has 2 saturated heterocycles. The van der Waals surface area contributed by atoms with Gasteiger partial charge in [-0.2, -0.15) is 0 Å². The van der Waals surface area contributed by atoms with Crippen LogP contribution in [0.3, 0.4) is 0 Å². The van der Waals surface area contributed by atoms with Gasteiger partial charge in [0, 0.05) is 24.7 Å². The number of hydrogen-bond donors (Lipinski definition) is 3. The number of anilines is 1.